The lowest BCUT2D eigenvalue weighted by Gasteiger charge is -2.30. The second-order valence-electron chi connectivity index (χ2n) is 12.8. The molecule has 18 heteroatoms. The second kappa shape index (κ2) is 16.5. The first-order chi connectivity index (χ1) is 25.3. The molecule has 1 saturated heterocycles. The number of hydrogen-bond donors (Lipinski definition) is 0. The molecular weight excluding hydrogens is 761 g/mol. The Balaban J connectivity index is 1.22. The fraction of sp³-hybridized carbons (Fsp3) is 0.429. The monoisotopic (exact) mass is 796 g/mol. The Morgan fingerprint density at radius 3 is 2.38 bits per heavy atom. The first kappa shape index (κ1) is 38.6. The number of aromatic nitrogens is 1. The van der Waals surface area contributed by atoms with E-state index >= 15 is 0 Å². The summed E-state index contributed by atoms with van der Waals surface area (Å²) in [6.07, 6.45) is 4.39. The first-order valence-corrected chi connectivity index (χ1v) is 19.4. The number of amides is 2. The van der Waals surface area contributed by atoms with Crippen LogP contribution in [0.3, 0.4) is 0 Å². The number of halogens is 4. The zero-order valence-electron chi connectivity index (χ0n) is 28.5. The molecule has 284 valence electrons. The Bertz CT molecular complexity index is 1960. The smallest absolute Gasteiger partial charge is 0.387 e. The molecule has 2 aromatic carbocycles. The highest BCUT2D eigenvalue weighted by atomic mass is 35.5. The molecule has 2 aliphatic heterocycles. The quantitative estimate of drug-likeness (QED) is 0.143. The molecule has 3 aliphatic rings. The molecule has 13 nitrogen and oxygen atoms in total. The number of esters is 1. The van der Waals surface area contributed by atoms with E-state index in [-0.39, 0.29) is 63.8 Å². The van der Waals surface area contributed by atoms with Gasteiger partial charge in [0.25, 0.3) is 11.8 Å². The summed E-state index contributed by atoms with van der Waals surface area (Å²) >= 11 is 12.8. The number of carbonyl (C=O) groups is 3. The number of hydrogen-bond acceptors (Lipinski definition) is 11. The second-order valence-corrected chi connectivity index (χ2v) is 15.5. The highest BCUT2D eigenvalue weighted by Gasteiger charge is 2.38. The van der Waals surface area contributed by atoms with Crippen molar-refractivity contribution in [2.75, 3.05) is 63.1 Å². The molecule has 0 spiro atoms. The molecule has 3 heterocycles. The van der Waals surface area contributed by atoms with Crippen molar-refractivity contribution >= 4 is 56.7 Å². The predicted molar refractivity (Wildman–Crippen MR) is 189 cm³/mol. The third-order valence-electron chi connectivity index (χ3n) is 9.00. The van der Waals surface area contributed by atoms with Crippen molar-refractivity contribution in [3.05, 3.63) is 81.1 Å². The summed E-state index contributed by atoms with van der Waals surface area (Å²) < 4.78 is 74.9. The van der Waals surface area contributed by atoms with Crippen LogP contribution in [0.1, 0.15) is 50.8 Å². The lowest BCUT2D eigenvalue weighted by molar-refractivity contribution is -0.149. The molecule has 0 N–H and O–H groups in total. The maximum atomic E-state index is 13.6. The van der Waals surface area contributed by atoms with Crippen LogP contribution in [-0.2, 0) is 30.7 Å². The minimum Gasteiger partial charge on any atom is -0.489 e. The Kier molecular flexibility index (Phi) is 12.0. The summed E-state index contributed by atoms with van der Waals surface area (Å²) in [4.78, 5) is 47.3. The van der Waals surface area contributed by atoms with Crippen molar-refractivity contribution in [1.82, 2.24) is 14.8 Å². The van der Waals surface area contributed by atoms with Gasteiger partial charge in [0.1, 0.15) is 12.6 Å². The van der Waals surface area contributed by atoms with Crippen LogP contribution < -0.4 is 13.8 Å². The molecule has 0 radical (unpaired) electrons. The van der Waals surface area contributed by atoms with E-state index in [1.54, 1.807) is 0 Å². The minimum atomic E-state index is -3.77. The van der Waals surface area contributed by atoms with Crippen LogP contribution in [0.15, 0.2) is 48.8 Å². The molecule has 0 bridgehead atoms. The molecule has 1 saturated carbocycles. The van der Waals surface area contributed by atoms with E-state index in [9.17, 15) is 31.6 Å². The average Bonchev–Trinajstić information content (AvgIpc) is 3.92. The summed E-state index contributed by atoms with van der Waals surface area (Å²) in [6, 6.07) is 8.21. The molecule has 1 aliphatic carbocycles. The Hall–Kier alpha value is -4.09. The van der Waals surface area contributed by atoms with Gasteiger partial charge in [-0.3, -0.25) is 33.5 Å². The Morgan fingerprint density at radius 2 is 1.72 bits per heavy atom. The number of anilines is 1. The first-order valence-electron chi connectivity index (χ1n) is 16.8. The van der Waals surface area contributed by atoms with Crippen LogP contribution in [0.4, 0.5) is 14.5 Å². The summed E-state index contributed by atoms with van der Waals surface area (Å²) in [5.41, 5.74) is 0.785. The van der Waals surface area contributed by atoms with Gasteiger partial charge in [0.05, 0.1) is 52.9 Å². The fourth-order valence-corrected chi connectivity index (χ4v) is 7.44. The van der Waals surface area contributed by atoms with Gasteiger partial charge in [-0.2, -0.15) is 8.78 Å². The molecule has 1 atom stereocenters. The standard InChI is InChI=1S/C35H36Cl2F2N4O9S/c1-53(47,48)43(9-8-41-10-12-49-13-11-41)23-5-6-24-25(15-23)34(46)42(33(24)45)19-32(44)51-30(16-26-27(36)17-40-18-28(26)37)22-4-7-29(52-35(38)39)31(14-22)50-20-21-2-3-21/h4-7,14-15,17-18,21,30,35H,2-3,8-13,16,19-20H2,1H3. The van der Waals surface area contributed by atoms with Gasteiger partial charge in [-0.05, 0) is 60.2 Å². The zero-order valence-corrected chi connectivity index (χ0v) is 30.8. The molecule has 6 rings (SSSR count). The van der Waals surface area contributed by atoms with Crippen LogP contribution >= 0.6 is 23.2 Å². The van der Waals surface area contributed by atoms with Gasteiger partial charge >= 0.3 is 12.6 Å². The number of alkyl halides is 2. The van der Waals surface area contributed by atoms with E-state index in [0.717, 1.165) is 23.4 Å². The normalized spacial score (nSPS) is 16.8. The van der Waals surface area contributed by atoms with E-state index < -0.39 is 47.1 Å². The lowest BCUT2D eigenvalue weighted by atomic mass is 10.0. The Labute approximate surface area is 314 Å². The van der Waals surface area contributed by atoms with Crippen molar-refractivity contribution < 1.29 is 50.5 Å². The number of imide groups is 1. The summed E-state index contributed by atoms with van der Waals surface area (Å²) in [7, 11) is -3.77. The molecule has 3 aromatic rings. The average molecular weight is 798 g/mol. The van der Waals surface area contributed by atoms with E-state index in [1.165, 1.54) is 48.8 Å². The van der Waals surface area contributed by atoms with Crippen molar-refractivity contribution in [3.63, 3.8) is 0 Å². The minimum absolute atomic E-state index is 0.00639. The number of morpholine rings is 1. The number of ether oxygens (including phenoxy) is 4. The SMILES string of the molecule is CS(=O)(=O)N(CCN1CCOCC1)c1ccc2c(c1)C(=O)N(CC(=O)OC(Cc1c(Cl)cncc1Cl)c1ccc(OC(F)F)c(OCC3CC3)c1)C2=O. The van der Waals surface area contributed by atoms with Crippen LogP contribution in [0, 0.1) is 5.92 Å². The maximum absolute atomic E-state index is 13.6. The highest BCUT2D eigenvalue weighted by molar-refractivity contribution is 7.92. The molecule has 53 heavy (non-hydrogen) atoms. The van der Waals surface area contributed by atoms with Gasteiger partial charge in [0.15, 0.2) is 11.5 Å². The largest absolute Gasteiger partial charge is 0.489 e. The Morgan fingerprint density at radius 1 is 1.02 bits per heavy atom. The number of fused-ring (bicyclic) bond motifs is 1. The molecule has 2 fully saturated rings. The third kappa shape index (κ3) is 9.54. The molecule has 2 amide bonds. The van der Waals surface area contributed by atoms with Crippen molar-refractivity contribution in [1.29, 1.82) is 0 Å². The summed E-state index contributed by atoms with van der Waals surface area (Å²) in [5.74, 6) is -2.49. The molecule has 1 unspecified atom stereocenters. The predicted octanol–water partition coefficient (Wildman–Crippen LogP) is 5.00. The van der Waals surface area contributed by atoms with Crippen molar-refractivity contribution in [2.45, 2.75) is 32.0 Å². The topological polar surface area (TPSA) is 145 Å². The summed E-state index contributed by atoms with van der Waals surface area (Å²) in [6.45, 7) is -0.737. The third-order valence-corrected chi connectivity index (χ3v) is 10.8. The molecule has 1 aromatic heterocycles. The van der Waals surface area contributed by atoms with Crippen LogP contribution in [-0.4, -0.2) is 106 Å². The van der Waals surface area contributed by atoms with Gasteiger partial charge < -0.3 is 18.9 Å². The van der Waals surface area contributed by atoms with E-state index in [2.05, 4.69) is 14.6 Å². The number of carbonyl (C=O) groups excluding carboxylic acids is 3. The zero-order chi connectivity index (χ0) is 37.9. The van der Waals surface area contributed by atoms with Crippen LogP contribution in [0.2, 0.25) is 10.0 Å². The molecular formula is C35H36Cl2F2N4O9S. The maximum Gasteiger partial charge on any atom is 0.387 e. The van der Waals surface area contributed by atoms with Gasteiger partial charge in [-0.15, -0.1) is 0 Å². The lowest BCUT2D eigenvalue weighted by Crippen LogP contribution is -2.43. The van der Waals surface area contributed by atoms with Gasteiger partial charge in [0.2, 0.25) is 10.0 Å². The van der Waals surface area contributed by atoms with E-state index in [4.69, 9.17) is 37.4 Å². The van der Waals surface area contributed by atoms with Gasteiger partial charge in [-0.1, -0.05) is 29.3 Å². The number of nitrogens with zero attached hydrogens (tertiary/aromatic N) is 4. The fourth-order valence-electron chi connectivity index (χ4n) is 6.02. The van der Waals surface area contributed by atoms with Crippen LogP contribution in [0.25, 0.3) is 0 Å². The number of pyridine rings is 1. The van der Waals surface area contributed by atoms with Crippen LogP contribution in [0.5, 0.6) is 11.5 Å². The van der Waals surface area contributed by atoms with Crippen molar-refractivity contribution in [3.8, 4) is 11.5 Å². The van der Waals surface area contributed by atoms with E-state index in [1.807, 2.05) is 0 Å². The van der Waals surface area contributed by atoms with Gasteiger partial charge in [-0.25, -0.2) is 8.42 Å². The van der Waals surface area contributed by atoms with Gasteiger partial charge in [0, 0.05) is 45.0 Å². The number of rotatable bonds is 16. The summed E-state index contributed by atoms with van der Waals surface area (Å²) in [5, 5.41) is 0.344. The number of benzene rings is 2. The van der Waals surface area contributed by atoms with E-state index in [0.29, 0.717) is 48.9 Å². The number of sulfonamides is 1. The van der Waals surface area contributed by atoms with Crippen molar-refractivity contribution in [2.24, 2.45) is 5.92 Å². The highest BCUT2D eigenvalue weighted by Crippen LogP contribution is 2.38.